The largest absolute Gasteiger partial charge is 0.461 e. The SMILES string of the molecule is CCOC(=O)c1cccc(C(=O)c2ccc(C)cc2)n1. The third-order valence-electron chi connectivity index (χ3n) is 2.78. The lowest BCUT2D eigenvalue weighted by Crippen LogP contribution is -2.11. The van der Waals surface area contributed by atoms with Crippen LogP contribution in [0.4, 0.5) is 0 Å². The molecule has 102 valence electrons. The van der Waals surface area contributed by atoms with Gasteiger partial charge in [0, 0.05) is 5.56 Å². The van der Waals surface area contributed by atoms with Crippen LogP contribution in [0.5, 0.6) is 0 Å². The molecule has 1 aromatic carbocycles. The smallest absolute Gasteiger partial charge is 0.356 e. The van der Waals surface area contributed by atoms with E-state index in [2.05, 4.69) is 4.98 Å². The van der Waals surface area contributed by atoms with Crippen LogP contribution in [-0.4, -0.2) is 23.3 Å². The summed E-state index contributed by atoms with van der Waals surface area (Å²) in [6, 6.07) is 12.0. The minimum atomic E-state index is -0.522. The number of hydrogen-bond donors (Lipinski definition) is 0. The van der Waals surface area contributed by atoms with Crippen molar-refractivity contribution >= 4 is 11.8 Å². The number of rotatable bonds is 4. The predicted molar refractivity (Wildman–Crippen MR) is 74.8 cm³/mol. The van der Waals surface area contributed by atoms with Gasteiger partial charge in [0.15, 0.2) is 0 Å². The molecule has 0 atom stereocenters. The molecule has 0 saturated heterocycles. The second-order valence-electron chi connectivity index (χ2n) is 4.32. The van der Waals surface area contributed by atoms with Gasteiger partial charge in [0.1, 0.15) is 11.4 Å². The van der Waals surface area contributed by atoms with Gasteiger partial charge in [0.25, 0.3) is 0 Å². The van der Waals surface area contributed by atoms with E-state index in [1.54, 1.807) is 31.2 Å². The van der Waals surface area contributed by atoms with Gasteiger partial charge in [-0.05, 0) is 26.0 Å². The Morgan fingerprint density at radius 3 is 2.35 bits per heavy atom. The highest BCUT2D eigenvalue weighted by molar-refractivity contribution is 6.08. The van der Waals surface area contributed by atoms with E-state index in [4.69, 9.17) is 4.74 Å². The first kappa shape index (κ1) is 13.9. The van der Waals surface area contributed by atoms with Crippen LogP contribution in [0.15, 0.2) is 42.5 Å². The molecule has 0 saturated carbocycles. The van der Waals surface area contributed by atoms with Crippen LogP contribution in [-0.2, 0) is 4.74 Å². The van der Waals surface area contributed by atoms with Crippen molar-refractivity contribution in [2.75, 3.05) is 6.61 Å². The van der Waals surface area contributed by atoms with E-state index >= 15 is 0 Å². The Labute approximate surface area is 117 Å². The van der Waals surface area contributed by atoms with Gasteiger partial charge in [0.05, 0.1) is 6.61 Å². The lowest BCUT2D eigenvalue weighted by molar-refractivity contribution is 0.0519. The van der Waals surface area contributed by atoms with Crippen LogP contribution < -0.4 is 0 Å². The third kappa shape index (κ3) is 3.09. The topological polar surface area (TPSA) is 56.3 Å². The predicted octanol–water partition coefficient (Wildman–Crippen LogP) is 2.80. The summed E-state index contributed by atoms with van der Waals surface area (Å²) >= 11 is 0. The number of hydrogen-bond acceptors (Lipinski definition) is 4. The molecular weight excluding hydrogens is 254 g/mol. The first-order valence-electron chi connectivity index (χ1n) is 6.37. The molecule has 0 aliphatic rings. The van der Waals surface area contributed by atoms with Gasteiger partial charge in [0.2, 0.25) is 5.78 Å². The number of ether oxygens (including phenoxy) is 1. The second-order valence-corrected chi connectivity index (χ2v) is 4.32. The summed E-state index contributed by atoms with van der Waals surface area (Å²) in [5.74, 6) is -0.734. The van der Waals surface area contributed by atoms with Crippen molar-refractivity contribution in [1.29, 1.82) is 0 Å². The van der Waals surface area contributed by atoms with E-state index in [-0.39, 0.29) is 23.8 Å². The second kappa shape index (κ2) is 6.10. The number of carbonyl (C=O) groups is 2. The minimum Gasteiger partial charge on any atom is -0.461 e. The summed E-state index contributed by atoms with van der Waals surface area (Å²) in [5, 5.41) is 0. The lowest BCUT2D eigenvalue weighted by atomic mass is 10.1. The summed E-state index contributed by atoms with van der Waals surface area (Å²) in [7, 11) is 0. The molecule has 0 aliphatic carbocycles. The van der Waals surface area contributed by atoms with Crippen LogP contribution in [0.25, 0.3) is 0 Å². The molecule has 0 bridgehead atoms. The summed E-state index contributed by atoms with van der Waals surface area (Å²) in [6.07, 6.45) is 0. The van der Waals surface area contributed by atoms with Gasteiger partial charge in [-0.3, -0.25) is 4.79 Å². The van der Waals surface area contributed by atoms with Gasteiger partial charge in [-0.2, -0.15) is 0 Å². The maximum Gasteiger partial charge on any atom is 0.356 e. The summed E-state index contributed by atoms with van der Waals surface area (Å²) < 4.78 is 4.87. The lowest BCUT2D eigenvalue weighted by Gasteiger charge is -2.04. The van der Waals surface area contributed by atoms with Crippen molar-refractivity contribution in [1.82, 2.24) is 4.98 Å². The summed E-state index contributed by atoms with van der Waals surface area (Å²) in [6.45, 7) is 3.95. The number of benzene rings is 1. The number of nitrogens with zero attached hydrogens (tertiary/aromatic N) is 1. The number of aromatic nitrogens is 1. The monoisotopic (exact) mass is 269 g/mol. The molecule has 0 spiro atoms. The van der Waals surface area contributed by atoms with Crippen LogP contribution in [0, 0.1) is 6.92 Å². The van der Waals surface area contributed by atoms with E-state index in [0.717, 1.165) is 5.56 Å². The van der Waals surface area contributed by atoms with Crippen molar-refractivity contribution < 1.29 is 14.3 Å². The molecule has 1 aromatic heterocycles. The quantitative estimate of drug-likeness (QED) is 0.632. The maximum atomic E-state index is 12.3. The standard InChI is InChI=1S/C16H15NO3/c1-3-20-16(19)14-6-4-5-13(17-14)15(18)12-9-7-11(2)8-10-12/h4-10H,3H2,1-2H3. The first-order valence-corrected chi connectivity index (χ1v) is 6.37. The molecule has 0 amide bonds. The normalized spacial score (nSPS) is 10.1. The summed E-state index contributed by atoms with van der Waals surface area (Å²) in [5.41, 5.74) is 2.00. The Balaban J connectivity index is 2.28. The fraction of sp³-hybridized carbons (Fsp3) is 0.188. The first-order chi connectivity index (χ1) is 9.61. The number of pyridine rings is 1. The molecule has 4 heteroatoms. The Bertz CT molecular complexity index is 632. The van der Waals surface area contributed by atoms with E-state index in [9.17, 15) is 9.59 Å². The molecule has 2 aromatic rings. The molecule has 1 heterocycles. The average Bonchev–Trinajstić information content (AvgIpc) is 2.48. The zero-order chi connectivity index (χ0) is 14.5. The van der Waals surface area contributed by atoms with E-state index in [0.29, 0.717) is 5.56 Å². The fourth-order valence-corrected chi connectivity index (χ4v) is 1.73. The summed E-state index contributed by atoms with van der Waals surface area (Å²) in [4.78, 5) is 27.9. The minimum absolute atomic E-state index is 0.143. The Morgan fingerprint density at radius 1 is 1.05 bits per heavy atom. The van der Waals surface area contributed by atoms with E-state index < -0.39 is 5.97 Å². The number of aryl methyl sites for hydroxylation is 1. The van der Waals surface area contributed by atoms with Crippen molar-refractivity contribution in [3.05, 3.63) is 65.0 Å². The molecule has 0 radical (unpaired) electrons. The van der Waals surface area contributed by atoms with Crippen molar-refractivity contribution in [2.45, 2.75) is 13.8 Å². The van der Waals surface area contributed by atoms with Crippen molar-refractivity contribution in [2.24, 2.45) is 0 Å². The Morgan fingerprint density at radius 2 is 1.70 bits per heavy atom. The molecule has 0 N–H and O–H groups in total. The number of carbonyl (C=O) groups excluding carboxylic acids is 2. The van der Waals surface area contributed by atoms with Crippen molar-refractivity contribution in [3.8, 4) is 0 Å². The van der Waals surface area contributed by atoms with Gasteiger partial charge in [-0.25, -0.2) is 9.78 Å². The zero-order valence-corrected chi connectivity index (χ0v) is 11.4. The molecular formula is C16H15NO3. The Kier molecular flexibility index (Phi) is 4.25. The van der Waals surface area contributed by atoms with Gasteiger partial charge < -0.3 is 4.74 Å². The highest BCUT2D eigenvalue weighted by atomic mass is 16.5. The number of esters is 1. The highest BCUT2D eigenvalue weighted by Gasteiger charge is 2.14. The van der Waals surface area contributed by atoms with Crippen LogP contribution in [0.1, 0.15) is 39.0 Å². The molecule has 0 unspecified atom stereocenters. The molecule has 0 aliphatic heterocycles. The molecule has 2 rings (SSSR count). The van der Waals surface area contributed by atoms with Crippen molar-refractivity contribution in [3.63, 3.8) is 0 Å². The van der Waals surface area contributed by atoms with Crippen LogP contribution >= 0.6 is 0 Å². The van der Waals surface area contributed by atoms with Gasteiger partial charge in [-0.15, -0.1) is 0 Å². The Hall–Kier alpha value is -2.49. The van der Waals surface area contributed by atoms with Crippen LogP contribution in [0.2, 0.25) is 0 Å². The van der Waals surface area contributed by atoms with Gasteiger partial charge in [-0.1, -0.05) is 35.9 Å². The highest BCUT2D eigenvalue weighted by Crippen LogP contribution is 2.10. The maximum absolute atomic E-state index is 12.3. The molecule has 4 nitrogen and oxygen atoms in total. The zero-order valence-electron chi connectivity index (χ0n) is 11.4. The van der Waals surface area contributed by atoms with E-state index in [1.807, 2.05) is 19.1 Å². The van der Waals surface area contributed by atoms with Gasteiger partial charge >= 0.3 is 5.97 Å². The third-order valence-corrected chi connectivity index (χ3v) is 2.78. The molecule has 20 heavy (non-hydrogen) atoms. The average molecular weight is 269 g/mol. The van der Waals surface area contributed by atoms with E-state index in [1.165, 1.54) is 6.07 Å². The molecule has 0 fully saturated rings. The number of ketones is 1. The fourth-order valence-electron chi connectivity index (χ4n) is 1.73. The van der Waals surface area contributed by atoms with Crippen LogP contribution in [0.3, 0.4) is 0 Å².